The zero-order valence-corrected chi connectivity index (χ0v) is 10.7. The summed E-state index contributed by atoms with van der Waals surface area (Å²) in [6.45, 7) is 5.78. The average molecular weight is 251 g/mol. The minimum atomic E-state index is -4.07. The molecule has 0 aromatic carbocycles. The molecule has 0 radical (unpaired) electrons. The summed E-state index contributed by atoms with van der Waals surface area (Å²) >= 11 is 0. The highest BCUT2D eigenvalue weighted by Gasteiger charge is 2.28. The van der Waals surface area contributed by atoms with E-state index in [0.717, 1.165) is 6.08 Å². The number of nitrogens with zero attached hydrogens (tertiary/aromatic N) is 2. The van der Waals surface area contributed by atoms with Crippen molar-refractivity contribution in [2.24, 2.45) is 0 Å². The van der Waals surface area contributed by atoms with Crippen LogP contribution in [0.1, 0.15) is 6.92 Å². The maximum atomic E-state index is 11.6. The van der Waals surface area contributed by atoms with Gasteiger partial charge >= 0.3 is 0 Å². The first kappa shape index (κ1) is 15.1. The number of carbonyl (C=O) groups excluding carboxylic acids is 1. The van der Waals surface area contributed by atoms with E-state index in [1.54, 1.807) is 14.1 Å². The van der Waals surface area contributed by atoms with Gasteiger partial charge in [0, 0.05) is 6.08 Å². The van der Waals surface area contributed by atoms with Crippen LogP contribution in [0.4, 0.5) is 0 Å². The predicted molar refractivity (Wildman–Crippen MR) is 61.0 cm³/mol. The van der Waals surface area contributed by atoms with Crippen molar-refractivity contribution in [1.29, 1.82) is 0 Å². The number of rotatable bonds is 6. The van der Waals surface area contributed by atoms with Gasteiger partial charge in [-0.3, -0.25) is 9.35 Å². The van der Waals surface area contributed by atoms with Gasteiger partial charge in [-0.2, -0.15) is 13.4 Å². The molecule has 0 atom stereocenters. The van der Waals surface area contributed by atoms with Crippen LogP contribution in [0.5, 0.6) is 0 Å². The summed E-state index contributed by atoms with van der Waals surface area (Å²) in [5, 5.41) is 1.33. The Balaban J connectivity index is 4.84. The van der Waals surface area contributed by atoms with Crippen molar-refractivity contribution in [3.8, 4) is 0 Å². The monoisotopic (exact) mass is 251 g/mol. The third-order valence-electron chi connectivity index (χ3n) is 2.42. The molecule has 0 aliphatic carbocycles. The zero-order chi connectivity index (χ0) is 13.0. The quantitative estimate of drug-likeness (QED) is 0.309. The average Bonchev–Trinajstić information content (AvgIpc) is 2.15. The number of amides is 1. The summed E-state index contributed by atoms with van der Waals surface area (Å²) in [5.74, 6) is -0.843. The van der Waals surface area contributed by atoms with Crippen LogP contribution in [0.3, 0.4) is 0 Å². The molecule has 0 saturated carbocycles. The van der Waals surface area contributed by atoms with Gasteiger partial charge in [-0.25, -0.2) is 4.59 Å². The zero-order valence-electron chi connectivity index (χ0n) is 9.88. The van der Waals surface area contributed by atoms with Crippen LogP contribution in [0.2, 0.25) is 0 Å². The molecule has 0 aromatic rings. The van der Waals surface area contributed by atoms with Crippen molar-refractivity contribution in [3.63, 3.8) is 0 Å². The maximum Gasteiger partial charge on any atom is 0.290 e. The maximum absolute atomic E-state index is 11.6. The lowest BCUT2D eigenvalue weighted by Gasteiger charge is -2.38. The second-order valence-electron chi connectivity index (χ2n) is 3.89. The molecule has 0 aliphatic rings. The standard InChI is InChI=1S/C9H18N2O4S/c1-5-9(12)10(11(3,4)6-2)7-8-16(13,14)15/h5H,1,6-8H2,2-4H3/p+1. The lowest BCUT2D eigenvalue weighted by atomic mass is 10.5. The summed E-state index contributed by atoms with van der Waals surface area (Å²) in [6, 6.07) is 0. The molecule has 94 valence electrons. The van der Waals surface area contributed by atoms with Crippen molar-refractivity contribution in [1.82, 2.24) is 5.01 Å². The molecule has 0 spiro atoms. The molecule has 1 N–H and O–H groups in total. The van der Waals surface area contributed by atoms with Crippen molar-refractivity contribution >= 4 is 16.0 Å². The molecule has 0 bridgehead atoms. The van der Waals surface area contributed by atoms with Crippen molar-refractivity contribution in [3.05, 3.63) is 12.7 Å². The second-order valence-corrected chi connectivity index (χ2v) is 5.46. The van der Waals surface area contributed by atoms with Gasteiger partial charge in [0.1, 0.15) is 0 Å². The summed E-state index contributed by atoms with van der Waals surface area (Å²) in [5.41, 5.74) is 0. The minimum absolute atomic E-state index is 0.0650. The molecule has 0 saturated heterocycles. The minimum Gasteiger partial charge on any atom is -0.285 e. The van der Waals surface area contributed by atoms with Crippen molar-refractivity contribution in [2.75, 3.05) is 32.9 Å². The molecule has 0 rings (SSSR count). The van der Waals surface area contributed by atoms with Gasteiger partial charge in [-0.1, -0.05) is 6.58 Å². The predicted octanol–water partition coefficient (Wildman–Crippen LogP) is -0.0999. The highest BCUT2D eigenvalue weighted by atomic mass is 32.2. The van der Waals surface area contributed by atoms with Gasteiger partial charge in [0.25, 0.3) is 16.0 Å². The smallest absolute Gasteiger partial charge is 0.285 e. The molecule has 0 aliphatic heterocycles. The Labute approximate surface area is 96.5 Å². The second kappa shape index (κ2) is 5.42. The molecule has 0 aromatic heterocycles. The normalized spacial score (nSPS) is 12.2. The first-order chi connectivity index (χ1) is 7.14. The van der Waals surface area contributed by atoms with E-state index in [4.69, 9.17) is 4.55 Å². The first-order valence-electron chi connectivity index (χ1n) is 4.86. The van der Waals surface area contributed by atoms with Gasteiger partial charge in [-0.15, -0.1) is 0 Å². The highest BCUT2D eigenvalue weighted by Crippen LogP contribution is 2.06. The molecule has 0 unspecified atom stereocenters. The van der Waals surface area contributed by atoms with Gasteiger partial charge < -0.3 is 0 Å². The van der Waals surface area contributed by atoms with Crippen LogP contribution < -0.4 is 0 Å². The van der Waals surface area contributed by atoms with E-state index in [-0.39, 0.29) is 17.0 Å². The lowest BCUT2D eigenvalue weighted by Crippen LogP contribution is -2.57. The molecular formula is C9H19N2O4S+. The Morgan fingerprint density at radius 3 is 2.31 bits per heavy atom. The Bertz CT molecular complexity index is 362. The van der Waals surface area contributed by atoms with Crippen LogP contribution in [-0.4, -0.2) is 61.4 Å². The van der Waals surface area contributed by atoms with Crippen LogP contribution in [0, 0.1) is 0 Å². The lowest BCUT2D eigenvalue weighted by molar-refractivity contribution is -0.988. The number of hydrogen-bond donors (Lipinski definition) is 1. The van der Waals surface area contributed by atoms with Gasteiger partial charge in [-0.05, 0) is 6.92 Å². The van der Waals surface area contributed by atoms with Crippen LogP contribution in [0.15, 0.2) is 12.7 Å². The van der Waals surface area contributed by atoms with E-state index in [1.165, 1.54) is 5.01 Å². The van der Waals surface area contributed by atoms with E-state index >= 15 is 0 Å². The largest absolute Gasteiger partial charge is 0.290 e. The summed E-state index contributed by atoms with van der Waals surface area (Å²) in [7, 11) is -0.529. The molecule has 1 amide bonds. The summed E-state index contributed by atoms with van der Waals surface area (Å²) in [6.07, 6.45) is 1.12. The molecule has 16 heavy (non-hydrogen) atoms. The Kier molecular flexibility index (Phi) is 5.11. The van der Waals surface area contributed by atoms with Crippen LogP contribution in [-0.2, 0) is 14.9 Å². The molecule has 0 heterocycles. The van der Waals surface area contributed by atoms with Crippen LogP contribution >= 0.6 is 0 Å². The van der Waals surface area contributed by atoms with E-state index in [2.05, 4.69) is 6.58 Å². The fourth-order valence-corrected chi connectivity index (χ4v) is 1.53. The van der Waals surface area contributed by atoms with Crippen molar-refractivity contribution in [2.45, 2.75) is 6.92 Å². The van der Waals surface area contributed by atoms with E-state index in [0.29, 0.717) is 6.54 Å². The fraction of sp³-hybridized carbons (Fsp3) is 0.667. The summed E-state index contributed by atoms with van der Waals surface area (Å²) < 4.78 is 30.2. The van der Waals surface area contributed by atoms with E-state index in [9.17, 15) is 13.2 Å². The van der Waals surface area contributed by atoms with Crippen molar-refractivity contribution < 1.29 is 22.4 Å². The Morgan fingerprint density at radius 2 is 2.00 bits per heavy atom. The van der Waals surface area contributed by atoms with Gasteiger partial charge in [0.2, 0.25) is 0 Å². The topological polar surface area (TPSA) is 74.7 Å². The first-order valence-corrected chi connectivity index (χ1v) is 6.47. The van der Waals surface area contributed by atoms with E-state index < -0.39 is 15.9 Å². The highest BCUT2D eigenvalue weighted by molar-refractivity contribution is 7.85. The SMILES string of the molecule is C=CC(=O)N(CCS(=O)(=O)O)[N+](C)(C)CC. The molecule has 6 nitrogen and oxygen atoms in total. The number of quaternary nitrogens is 1. The molecular weight excluding hydrogens is 232 g/mol. The Morgan fingerprint density at radius 1 is 1.50 bits per heavy atom. The van der Waals surface area contributed by atoms with Gasteiger partial charge in [0.05, 0.1) is 32.9 Å². The fourth-order valence-electron chi connectivity index (χ4n) is 1.13. The third kappa shape index (κ3) is 4.73. The molecule has 7 heteroatoms. The molecule has 0 fully saturated rings. The van der Waals surface area contributed by atoms with E-state index in [1.807, 2.05) is 6.92 Å². The third-order valence-corrected chi connectivity index (χ3v) is 3.12. The van der Waals surface area contributed by atoms with Gasteiger partial charge in [0.15, 0.2) is 0 Å². The number of hydrogen-bond acceptors (Lipinski definition) is 3. The number of carbonyl (C=O) groups is 1. The summed E-state index contributed by atoms with van der Waals surface area (Å²) in [4.78, 5) is 11.6. The Hall–Kier alpha value is -0.920. The van der Waals surface area contributed by atoms with Crippen LogP contribution in [0.25, 0.3) is 0 Å².